The van der Waals surface area contributed by atoms with Crippen LogP contribution >= 0.6 is 12.2 Å². The molecule has 1 saturated heterocycles. The maximum absolute atomic E-state index is 6.01. The zero-order valence-electron chi connectivity index (χ0n) is 15.9. The van der Waals surface area contributed by atoms with Crippen molar-refractivity contribution in [2.75, 3.05) is 31.1 Å². The molecule has 0 unspecified atom stereocenters. The van der Waals surface area contributed by atoms with E-state index in [1.54, 1.807) is 0 Å². The second-order valence-corrected chi connectivity index (χ2v) is 7.60. The molecular formula is C21H21N5OS. The third kappa shape index (κ3) is 2.96. The summed E-state index contributed by atoms with van der Waals surface area (Å²) in [6.07, 6.45) is 3.93. The van der Waals surface area contributed by atoms with Crippen LogP contribution in [0, 0.1) is 18.6 Å². The van der Waals surface area contributed by atoms with E-state index in [-0.39, 0.29) is 0 Å². The molecule has 1 aliphatic rings. The summed E-state index contributed by atoms with van der Waals surface area (Å²) in [7, 11) is 0. The molecule has 1 aliphatic heterocycles. The molecular weight excluding hydrogens is 370 g/mol. The van der Waals surface area contributed by atoms with E-state index in [9.17, 15) is 0 Å². The van der Waals surface area contributed by atoms with Crippen LogP contribution < -0.4 is 10.2 Å². The number of hydrogen-bond donors (Lipinski definition) is 1. The number of anilines is 1. The summed E-state index contributed by atoms with van der Waals surface area (Å²) in [5, 5.41) is 5.41. The normalized spacial score (nSPS) is 14.9. The quantitative estimate of drug-likeness (QED) is 0.523. The highest BCUT2D eigenvalue weighted by molar-refractivity contribution is 7.71. The van der Waals surface area contributed by atoms with Gasteiger partial charge in [-0.2, -0.15) is 0 Å². The maximum atomic E-state index is 6.01. The Morgan fingerprint density at radius 2 is 1.89 bits per heavy atom. The fourth-order valence-corrected chi connectivity index (χ4v) is 4.11. The van der Waals surface area contributed by atoms with Gasteiger partial charge in [-0.3, -0.25) is 4.98 Å². The molecule has 5 rings (SSSR count). The van der Waals surface area contributed by atoms with Crippen molar-refractivity contribution in [3.05, 3.63) is 52.8 Å². The summed E-state index contributed by atoms with van der Waals surface area (Å²) in [5.74, 6) is 0.674. The van der Waals surface area contributed by atoms with Crippen LogP contribution in [0.5, 0.6) is 0 Å². The fraction of sp³-hybridized carbons (Fsp3) is 0.286. The average Bonchev–Trinajstić information content (AvgIpc) is 3.13. The van der Waals surface area contributed by atoms with Gasteiger partial charge in [-0.05, 0) is 49.7 Å². The number of hydrogen-bond acceptors (Lipinski definition) is 6. The van der Waals surface area contributed by atoms with E-state index < -0.39 is 0 Å². The Kier molecular flexibility index (Phi) is 4.14. The first-order chi connectivity index (χ1) is 13.6. The van der Waals surface area contributed by atoms with Crippen molar-refractivity contribution in [3.8, 4) is 11.5 Å². The smallest absolute Gasteiger partial charge is 0.198 e. The molecule has 0 aliphatic carbocycles. The molecule has 1 fully saturated rings. The van der Waals surface area contributed by atoms with Crippen molar-refractivity contribution >= 4 is 34.3 Å². The van der Waals surface area contributed by atoms with E-state index in [0.717, 1.165) is 59.7 Å². The first-order valence-corrected chi connectivity index (χ1v) is 9.86. The standard InChI is InChI=1S/C21H21N5OS/c1-13-11-26-12-18(24-20(26)14(2)23-13)19-9-15-3-4-16(10-17(15)21(28)27-19)25-7-5-22-6-8-25/h3-4,9-12,22H,5-8H2,1-2H3. The SMILES string of the molecule is Cc1cn2cc(-c3cc4ccc(N5CCNCC5)cc4c(=S)o3)nc2c(C)n1. The van der Waals surface area contributed by atoms with Crippen molar-refractivity contribution in [2.45, 2.75) is 13.8 Å². The van der Waals surface area contributed by atoms with Crippen molar-refractivity contribution in [1.82, 2.24) is 19.7 Å². The van der Waals surface area contributed by atoms with Crippen LogP contribution in [0.15, 0.2) is 41.1 Å². The zero-order chi connectivity index (χ0) is 19.3. The van der Waals surface area contributed by atoms with Gasteiger partial charge in [0.05, 0.1) is 11.4 Å². The van der Waals surface area contributed by atoms with Crippen LogP contribution in [0.1, 0.15) is 11.4 Å². The van der Waals surface area contributed by atoms with Gasteiger partial charge in [0.15, 0.2) is 16.1 Å². The Bertz CT molecular complexity index is 1250. The molecule has 0 bridgehead atoms. The third-order valence-corrected chi connectivity index (χ3v) is 5.51. The van der Waals surface area contributed by atoms with E-state index in [2.05, 4.69) is 33.4 Å². The highest BCUT2D eigenvalue weighted by Gasteiger charge is 2.14. The predicted molar refractivity (Wildman–Crippen MR) is 114 cm³/mol. The van der Waals surface area contributed by atoms with Gasteiger partial charge in [0, 0.05) is 49.6 Å². The highest BCUT2D eigenvalue weighted by Crippen LogP contribution is 2.29. The average molecular weight is 392 g/mol. The Morgan fingerprint density at radius 1 is 1.07 bits per heavy atom. The zero-order valence-corrected chi connectivity index (χ0v) is 16.7. The minimum atomic E-state index is 0.493. The number of aromatic nitrogens is 3. The summed E-state index contributed by atoms with van der Waals surface area (Å²) >= 11 is 5.59. The lowest BCUT2D eigenvalue weighted by molar-refractivity contribution is 0.556. The van der Waals surface area contributed by atoms with Crippen LogP contribution in [0.4, 0.5) is 5.69 Å². The van der Waals surface area contributed by atoms with Gasteiger partial charge in [-0.25, -0.2) is 4.98 Å². The topological polar surface area (TPSA) is 58.6 Å². The van der Waals surface area contributed by atoms with E-state index >= 15 is 0 Å². The molecule has 1 aromatic carbocycles. The molecule has 0 atom stereocenters. The summed E-state index contributed by atoms with van der Waals surface area (Å²) in [6, 6.07) is 8.43. The molecule has 0 amide bonds. The Hall–Kier alpha value is -2.77. The molecule has 1 N–H and O–H groups in total. The number of aryl methyl sites for hydroxylation is 2. The number of nitrogens with one attached hydrogen (secondary N) is 1. The predicted octanol–water partition coefficient (Wildman–Crippen LogP) is 3.90. The largest absolute Gasteiger partial charge is 0.443 e. The number of rotatable bonds is 2. The van der Waals surface area contributed by atoms with Crippen LogP contribution in [-0.4, -0.2) is 40.5 Å². The Labute approximate surface area is 167 Å². The van der Waals surface area contributed by atoms with Crippen molar-refractivity contribution in [2.24, 2.45) is 0 Å². The molecule has 3 aromatic heterocycles. The van der Waals surface area contributed by atoms with Gasteiger partial charge < -0.3 is 19.0 Å². The lowest BCUT2D eigenvalue weighted by atomic mass is 10.1. The first kappa shape index (κ1) is 17.3. The molecule has 6 nitrogen and oxygen atoms in total. The summed E-state index contributed by atoms with van der Waals surface area (Å²) < 4.78 is 8.49. The highest BCUT2D eigenvalue weighted by atomic mass is 32.1. The van der Waals surface area contributed by atoms with E-state index in [1.165, 1.54) is 5.69 Å². The van der Waals surface area contributed by atoms with E-state index in [0.29, 0.717) is 10.5 Å². The minimum absolute atomic E-state index is 0.493. The van der Waals surface area contributed by atoms with E-state index in [1.807, 2.05) is 36.7 Å². The molecule has 0 radical (unpaired) electrons. The second kappa shape index (κ2) is 6.68. The lowest BCUT2D eigenvalue weighted by Crippen LogP contribution is -2.43. The number of nitrogens with zero attached hydrogens (tertiary/aromatic N) is 4. The molecule has 4 heterocycles. The lowest BCUT2D eigenvalue weighted by Gasteiger charge is -2.29. The third-order valence-electron chi connectivity index (χ3n) is 5.21. The molecule has 28 heavy (non-hydrogen) atoms. The van der Waals surface area contributed by atoms with Crippen LogP contribution in [0.25, 0.3) is 27.9 Å². The number of imidazole rings is 1. The van der Waals surface area contributed by atoms with Gasteiger partial charge in [0.25, 0.3) is 0 Å². The van der Waals surface area contributed by atoms with Crippen molar-refractivity contribution in [1.29, 1.82) is 0 Å². The van der Waals surface area contributed by atoms with Crippen LogP contribution in [-0.2, 0) is 0 Å². The van der Waals surface area contributed by atoms with Gasteiger partial charge in [-0.15, -0.1) is 0 Å². The van der Waals surface area contributed by atoms with Gasteiger partial charge in [0.2, 0.25) is 0 Å². The van der Waals surface area contributed by atoms with Crippen molar-refractivity contribution in [3.63, 3.8) is 0 Å². The molecule has 7 heteroatoms. The molecule has 0 saturated carbocycles. The van der Waals surface area contributed by atoms with Gasteiger partial charge in [0.1, 0.15) is 5.69 Å². The minimum Gasteiger partial charge on any atom is -0.443 e. The molecule has 4 aromatic rings. The van der Waals surface area contributed by atoms with Gasteiger partial charge in [-0.1, -0.05) is 6.07 Å². The number of piperazine rings is 1. The Balaban J connectivity index is 1.60. The summed E-state index contributed by atoms with van der Waals surface area (Å²) in [4.78, 5) is 11.6. The van der Waals surface area contributed by atoms with Crippen molar-refractivity contribution < 1.29 is 4.42 Å². The van der Waals surface area contributed by atoms with Gasteiger partial charge >= 0.3 is 0 Å². The molecule has 142 valence electrons. The maximum Gasteiger partial charge on any atom is 0.198 e. The van der Waals surface area contributed by atoms with Crippen LogP contribution in [0.2, 0.25) is 0 Å². The summed E-state index contributed by atoms with van der Waals surface area (Å²) in [6.45, 7) is 7.95. The summed E-state index contributed by atoms with van der Waals surface area (Å²) in [5.41, 5.74) is 4.62. The molecule has 0 spiro atoms. The monoisotopic (exact) mass is 391 g/mol. The number of fused-ring (bicyclic) bond motifs is 2. The van der Waals surface area contributed by atoms with Crippen LogP contribution in [0.3, 0.4) is 0 Å². The Morgan fingerprint density at radius 3 is 2.71 bits per heavy atom. The van der Waals surface area contributed by atoms with E-state index in [4.69, 9.17) is 21.6 Å². The fourth-order valence-electron chi connectivity index (χ4n) is 3.84. The second-order valence-electron chi connectivity index (χ2n) is 7.23. The number of benzene rings is 1. The first-order valence-electron chi connectivity index (χ1n) is 9.45.